The molecule has 1 aromatic carbocycles. The topological polar surface area (TPSA) is 87.7 Å². The van der Waals surface area contributed by atoms with Crippen molar-refractivity contribution in [3.8, 4) is 0 Å². The molecule has 0 fully saturated rings. The first-order chi connectivity index (χ1) is 9.95. The van der Waals surface area contributed by atoms with E-state index in [9.17, 15) is 9.59 Å². The molecule has 2 N–H and O–H groups in total. The molecule has 2 rings (SSSR count). The van der Waals surface area contributed by atoms with Crippen LogP contribution in [-0.2, 0) is 4.79 Å². The van der Waals surface area contributed by atoms with Crippen LogP contribution < -0.4 is 10.9 Å². The lowest BCUT2D eigenvalue weighted by Crippen LogP contribution is -2.23. The molecule has 0 radical (unpaired) electrons. The van der Waals surface area contributed by atoms with Crippen LogP contribution in [-0.4, -0.2) is 26.3 Å². The molecule has 110 valence electrons. The number of halogens is 1. The quantitative estimate of drug-likeness (QED) is 0.808. The van der Waals surface area contributed by atoms with Gasteiger partial charge in [0.15, 0.2) is 5.16 Å². The highest BCUT2D eigenvalue weighted by atomic mass is 79.9. The summed E-state index contributed by atoms with van der Waals surface area (Å²) >= 11 is 4.48. The first-order valence-corrected chi connectivity index (χ1v) is 7.79. The molecule has 0 aliphatic rings. The Hall–Kier alpha value is -1.67. The van der Waals surface area contributed by atoms with Crippen molar-refractivity contribution in [1.29, 1.82) is 0 Å². The number of aromatic nitrogens is 3. The van der Waals surface area contributed by atoms with Gasteiger partial charge in [0.2, 0.25) is 5.91 Å². The number of aryl methyl sites for hydroxylation is 1. The van der Waals surface area contributed by atoms with E-state index >= 15 is 0 Å². The molecule has 1 amide bonds. The average molecular weight is 369 g/mol. The van der Waals surface area contributed by atoms with E-state index in [0.717, 1.165) is 16.2 Å². The largest absolute Gasteiger partial charge is 0.325 e. The van der Waals surface area contributed by atoms with Gasteiger partial charge >= 0.3 is 0 Å². The molecule has 0 spiro atoms. The lowest BCUT2D eigenvalue weighted by molar-refractivity contribution is -0.115. The fraction of sp³-hybridized carbons (Fsp3) is 0.231. The van der Waals surface area contributed by atoms with E-state index in [1.807, 2.05) is 12.1 Å². The highest BCUT2D eigenvalue weighted by molar-refractivity contribution is 9.10. The second-order valence-corrected chi connectivity index (χ2v) is 6.55. The van der Waals surface area contributed by atoms with Crippen molar-refractivity contribution < 1.29 is 4.79 Å². The van der Waals surface area contributed by atoms with Crippen LogP contribution in [0.4, 0.5) is 5.69 Å². The summed E-state index contributed by atoms with van der Waals surface area (Å²) in [5.74, 6) is -0.175. The molecule has 0 aliphatic heterocycles. The van der Waals surface area contributed by atoms with Crippen molar-refractivity contribution in [1.82, 2.24) is 15.2 Å². The Morgan fingerprint density at radius 3 is 2.62 bits per heavy atom. The molecule has 0 saturated carbocycles. The number of rotatable bonds is 4. The van der Waals surface area contributed by atoms with Crippen LogP contribution in [0.15, 0.2) is 38.7 Å². The predicted molar refractivity (Wildman–Crippen MR) is 85.5 cm³/mol. The summed E-state index contributed by atoms with van der Waals surface area (Å²) in [5, 5.41) is 10.3. The molecule has 2 aromatic rings. The standard InChI is InChI=1S/C13H13BrN4O2S/c1-7-11(19)16-13(18-17-7)21-8(2)12(20)15-10-5-3-9(14)4-6-10/h3-6,8H,1-2H3,(H,15,20)(H,16,18,19)/t8-/m0/s1. The molecule has 8 heteroatoms. The number of nitrogens with one attached hydrogen (secondary N) is 2. The number of carbonyl (C=O) groups excluding carboxylic acids is 1. The van der Waals surface area contributed by atoms with Crippen LogP contribution in [0, 0.1) is 6.92 Å². The van der Waals surface area contributed by atoms with Crippen LogP contribution in [0.1, 0.15) is 12.6 Å². The molecule has 0 aliphatic carbocycles. The molecule has 1 heterocycles. The summed E-state index contributed by atoms with van der Waals surface area (Å²) in [4.78, 5) is 26.1. The number of benzene rings is 1. The summed E-state index contributed by atoms with van der Waals surface area (Å²) in [5.41, 5.74) is 0.707. The van der Waals surface area contributed by atoms with Crippen molar-refractivity contribution in [2.45, 2.75) is 24.3 Å². The smallest absolute Gasteiger partial charge is 0.273 e. The van der Waals surface area contributed by atoms with Crippen LogP contribution >= 0.6 is 27.7 Å². The number of hydrogen-bond donors (Lipinski definition) is 2. The third-order valence-corrected chi connectivity index (χ3v) is 4.11. The van der Waals surface area contributed by atoms with Crippen molar-refractivity contribution in [2.24, 2.45) is 0 Å². The van der Waals surface area contributed by atoms with Gasteiger partial charge in [-0.2, -0.15) is 0 Å². The van der Waals surface area contributed by atoms with Crippen molar-refractivity contribution in [2.75, 3.05) is 5.32 Å². The van der Waals surface area contributed by atoms with E-state index in [2.05, 4.69) is 36.4 Å². The Balaban J connectivity index is 2.00. The van der Waals surface area contributed by atoms with Gasteiger partial charge in [-0.25, -0.2) is 0 Å². The zero-order valence-corrected chi connectivity index (χ0v) is 13.8. The Labute approximate surface area is 133 Å². The van der Waals surface area contributed by atoms with Gasteiger partial charge < -0.3 is 5.32 Å². The van der Waals surface area contributed by atoms with Gasteiger partial charge in [0.05, 0.1) is 5.25 Å². The van der Waals surface area contributed by atoms with E-state index < -0.39 is 5.25 Å². The third kappa shape index (κ3) is 4.40. The molecule has 0 unspecified atom stereocenters. The second-order valence-electron chi connectivity index (χ2n) is 4.30. The van der Waals surface area contributed by atoms with Gasteiger partial charge in [0, 0.05) is 10.2 Å². The maximum atomic E-state index is 12.1. The Morgan fingerprint density at radius 2 is 2.00 bits per heavy atom. The average Bonchev–Trinajstić information content (AvgIpc) is 2.45. The summed E-state index contributed by atoms with van der Waals surface area (Å²) in [6.45, 7) is 3.31. The fourth-order valence-electron chi connectivity index (χ4n) is 1.43. The summed E-state index contributed by atoms with van der Waals surface area (Å²) in [6.07, 6.45) is 0. The lowest BCUT2D eigenvalue weighted by atomic mass is 10.3. The number of H-pyrrole nitrogens is 1. The van der Waals surface area contributed by atoms with E-state index in [4.69, 9.17) is 0 Å². The Morgan fingerprint density at radius 1 is 1.33 bits per heavy atom. The molecule has 0 bridgehead atoms. The number of amides is 1. The zero-order chi connectivity index (χ0) is 15.4. The summed E-state index contributed by atoms with van der Waals surface area (Å²) < 4.78 is 0.940. The first kappa shape index (κ1) is 15.7. The Bertz CT molecular complexity index is 702. The van der Waals surface area contributed by atoms with Gasteiger partial charge in [-0.3, -0.25) is 14.6 Å². The molecule has 1 atom stereocenters. The van der Waals surface area contributed by atoms with Gasteiger partial charge in [-0.1, -0.05) is 27.7 Å². The second kappa shape index (κ2) is 6.86. The van der Waals surface area contributed by atoms with Crippen LogP contribution in [0.3, 0.4) is 0 Å². The van der Waals surface area contributed by atoms with Crippen LogP contribution in [0.25, 0.3) is 0 Å². The zero-order valence-electron chi connectivity index (χ0n) is 11.4. The highest BCUT2D eigenvalue weighted by Crippen LogP contribution is 2.20. The maximum Gasteiger partial charge on any atom is 0.273 e. The summed E-state index contributed by atoms with van der Waals surface area (Å²) in [7, 11) is 0. The molecule has 1 aromatic heterocycles. The molecule has 21 heavy (non-hydrogen) atoms. The van der Waals surface area contributed by atoms with Crippen LogP contribution in [0.5, 0.6) is 0 Å². The molecule has 6 nitrogen and oxygen atoms in total. The van der Waals surface area contributed by atoms with Gasteiger partial charge in [-0.15, -0.1) is 10.2 Å². The normalized spacial score (nSPS) is 12.0. The maximum absolute atomic E-state index is 12.1. The SMILES string of the molecule is Cc1nnc(S[C@@H](C)C(=O)Nc2ccc(Br)cc2)[nH]c1=O. The molecular weight excluding hydrogens is 356 g/mol. The van der Waals surface area contributed by atoms with Gasteiger partial charge in [-0.05, 0) is 38.1 Å². The highest BCUT2D eigenvalue weighted by Gasteiger charge is 2.16. The number of aromatic amines is 1. The number of carbonyl (C=O) groups is 1. The third-order valence-electron chi connectivity index (χ3n) is 2.61. The molecular formula is C13H13BrN4O2S. The van der Waals surface area contributed by atoms with Crippen molar-refractivity contribution >= 4 is 39.3 Å². The fourth-order valence-corrected chi connectivity index (χ4v) is 2.43. The van der Waals surface area contributed by atoms with E-state index in [1.165, 1.54) is 0 Å². The first-order valence-electron chi connectivity index (χ1n) is 6.12. The minimum atomic E-state index is -0.415. The van der Waals surface area contributed by atoms with E-state index in [1.54, 1.807) is 26.0 Å². The number of hydrogen-bond acceptors (Lipinski definition) is 5. The lowest BCUT2D eigenvalue weighted by Gasteiger charge is -2.11. The minimum Gasteiger partial charge on any atom is -0.325 e. The number of nitrogens with zero attached hydrogens (tertiary/aromatic N) is 2. The van der Waals surface area contributed by atoms with Gasteiger partial charge in [0.25, 0.3) is 5.56 Å². The van der Waals surface area contributed by atoms with E-state index in [0.29, 0.717) is 16.5 Å². The summed E-state index contributed by atoms with van der Waals surface area (Å²) in [6, 6.07) is 7.28. The van der Waals surface area contributed by atoms with E-state index in [-0.39, 0.29) is 11.5 Å². The minimum absolute atomic E-state index is 0.175. The monoisotopic (exact) mass is 368 g/mol. The predicted octanol–water partition coefficient (Wildman–Crippen LogP) is 2.36. The van der Waals surface area contributed by atoms with Crippen molar-refractivity contribution in [3.05, 3.63) is 44.8 Å². The number of anilines is 1. The van der Waals surface area contributed by atoms with Crippen LogP contribution in [0.2, 0.25) is 0 Å². The van der Waals surface area contributed by atoms with Crippen molar-refractivity contribution in [3.63, 3.8) is 0 Å². The number of thioether (sulfide) groups is 1. The molecule has 0 saturated heterocycles. The Kier molecular flexibility index (Phi) is 5.13. The van der Waals surface area contributed by atoms with Gasteiger partial charge in [0.1, 0.15) is 5.69 Å².